The topological polar surface area (TPSA) is 42.1 Å². The van der Waals surface area contributed by atoms with Gasteiger partial charge in [0.15, 0.2) is 0 Å². The van der Waals surface area contributed by atoms with E-state index in [4.69, 9.17) is 9.47 Å². The summed E-state index contributed by atoms with van der Waals surface area (Å²) in [7, 11) is 0. The number of epoxide rings is 1. The SMILES string of the molecule is CCOC(=O)N(C[C@H]1CO1)C(C)C. The summed E-state index contributed by atoms with van der Waals surface area (Å²) in [6, 6.07) is 0.170. The zero-order chi connectivity index (χ0) is 9.84. The third-order valence-corrected chi connectivity index (χ3v) is 1.93. The first-order valence-corrected chi connectivity index (χ1v) is 4.70. The summed E-state index contributed by atoms with van der Waals surface area (Å²) in [6.45, 7) is 7.59. The van der Waals surface area contributed by atoms with Crippen molar-refractivity contribution in [2.24, 2.45) is 0 Å². The fourth-order valence-electron chi connectivity index (χ4n) is 1.10. The minimum atomic E-state index is -0.243. The number of amides is 1. The highest BCUT2D eigenvalue weighted by Gasteiger charge is 2.29. The molecule has 0 aliphatic carbocycles. The van der Waals surface area contributed by atoms with Crippen LogP contribution in [0.3, 0.4) is 0 Å². The van der Waals surface area contributed by atoms with Crippen molar-refractivity contribution in [2.75, 3.05) is 19.8 Å². The van der Waals surface area contributed by atoms with Gasteiger partial charge in [0.05, 0.1) is 25.9 Å². The molecule has 1 aliphatic heterocycles. The second kappa shape index (κ2) is 4.46. The van der Waals surface area contributed by atoms with Crippen LogP contribution in [0.25, 0.3) is 0 Å². The lowest BCUT2D eigenvalue weighted by Gasteiger charge is -2.24. The lowest BCUT2D eigenvalue weighted by Crippen LogP contribution is -2.40. The number of ether oxygens (including phenoxy) is 2. The minimum absolute atomic E-state index is 0.170. The van der Waals surface area contributed by atoms with E-state index in [1.807, 2.05) is 20.8 Å². The molecule has 1 fully saturated rings. The first-order valence-electron chi connectivity index (χ1n) is 4.70. The van der Waals surface area contributed by atoms with Gasteiger partial charge in [0, 0.05) is 6.04 Å². The van der Waals surface area contributed by atoms with Crippen LogP contribution in [0.5, 0.6) is 0 Å². The van der Waals surface area contributed by atoms with Crippen LogP contribution in [0.15, 0.2) is 0 Å². The molecule has 1 rings (SSSR count). The monoisotopic (exact) mass is 187 g/mol. The molecule has 1 saturated heterocycles. The number of carbonyl (C=O) groups is 1. The summed E-state index contributed by atoms with van der Waals surface area (Å²) in [6.07, 6.45) is -0.0141. The van der Waals surface area contributed by atoms with Gasteiger partial charge in [-0.1, -0.05) is 0 Å². The molecular formula is C9H17NO3. The Kier molecular flexibility index (Phi) is 3.54. The Morgan fingerprint density at radius 2 is 2.31 bits per heavy atom. The van der Waals surface area contributed by atoms with E-state index in [1.54, 1.807) is 4.90 Å². The first kappa shape index (κ1) is 10.3. The molecule has 13 heavy (non-hydrogen) atoms. The summed E-state index contributed by atoms with van der Waals surface area (Å²) < 4.78 is 9.99. The molecule has 0 spiro atoms. The lowest BCUT2D eigenvalue weighted by atomic mass is 10.3. The second-order valence-corrected chi connectivity index (χ2v) is 3.40. The zero-order valence-electron chi connectivity index (χ0n) is 8.45. The number of hydrogen-bond acceptors (Lipinski definition) is 3. The summed E-state index contributed by atoms with van der Waals surface area (Å²) in [5.41, 5.74) is 0. The van der Waals surface area contributed by atoms with Gasteiger partial charge in [0.2, 0.25) is 0 Å². The summed E-state index contributed by atoms with van der Waals surface area (Å²) in [4.78, 5) is 13.1. The summed E-state index contributed by atoms with van der Waals surface area (Å²) in [5.74, 6) is 0. The molecule has 0 radical (unpaired) electrons. The predicted octanol–water partition coefficient (Wildman–Crippen LogP) is 1.25. The molecule has 76 valence electrons. The van der Waals surface area contributed by atoms with E-state index in [0.717, 1.165) is 6.61 Å². The van der Waals surface area contributed by atoms with Gasteiger partial charge in [-0.05, 0) is 20.8 Å². The van der Waals surface area contributed by atoms with E-state index in [9.17, 15) is 4.79 Å². The standard InChI is InChI=1S/C9H17NO3/c1-4-12-9(11)10(7(2)3)5-8-6-13-8/h7-8H,4-6H2,1-3H3/t8-/m0/s1. The lowest BCUT2D eigenvalue weighted by molar-refractivity contribution is 0.0925. The highest BCUT2D eigenvalue weighted by molar-refractivity contribution is 5.68. The molecule has 0 saturated carbocycles. The van der Waals surface area contributed by atoms with Gasteiger partial charge in [0.25, 0.3) is 0 Å². The predicted molar refractivity (Wildman–Crippen MR) is 48.6 cm³/mol. The van der Waals surface area contributed by atoms with Crippen molar-refractivity contribution in [1.82, 2.24) is 4.90 Å². The van der Waals surface area contributed by atoms with Gasteiger partial charge in [-0.15, -0.1) is 0 Å². The number of carbonyl (C=O) groups excluding carboxylic acids is 1. The zero-order valence-corrected chi connectivity index (χ0v) is 8.45. The van der Waals surface area contributed by atoms with Crippen molar-refractivity contribution in [3.8, 4) is 0 Å². The fraction of sp³-hybridized carbons (Fsp3) is 0.889. The highest BCUT2D eigenvalue weighted by Crippen LogP contribution is 2.13. The first-order chi connectivity index (χ1) is 6.15. The molecule has 0 N–H and O–H groups in total. The van der Waals surface area contributed by atoms with E-state index < -0.39 is 0 Å². The van der Waals surface area contributed by atoms with E-state index in [-0.39, 0.29) is 18.2 Å². The van der Waals surface area contributed by atoms with Crippen molar-refractivity contribution in [1.29, 1.82) is 0 Å². The summed E-state index contributed by atoms with van der Waals surface area (Å²) >= 11 is 0. The molecule has 1 heterocycles. The fourth-order valence-corrected chi connectivity index (χ4v) is 1.10. The Morgan fingerprint density at radius 1 is 1.69 bits per heavy atom. The van der Waals surface area contributed by atoms with E-state index in [0.29, 0.717) is 13.2 Å². The molecule has 4 nitrogen and oxygen atoms in total. The van der Waals surface area contributed by atoms with Gasteiger partial charge >= 0.3 is 6.09 Å². The molecule has 1 atom stereocenters. The van der Waals surface area contributed by atoms with Crippen molar-refractivity contribution in [2.45, 2.75) is 32.9 Å². The van der Waals surface area contributed by atoms with Crippen LogP contribution in [0.4, 0.5) is 4.79 Å². The maximum atomic E-state index is 11.4. The third-order valence-electron chi connectivity index (χ3n) is 1.93. The smallest absolute Gasteiger partial charge is 0.410 e. The largest absolute Gasteiger partial charge is 0.450 e. The normalized spacial score (nSPS) is 20.2. The second-order valence-electron chi connectivity index (χ2n) is 3.40. The minimum Gasteiger partial charge on any atom is -0.450 e. The maximum absolute atomic E-state index is 11.4. The van der Waals surface area contributed by atoms with Crippen molar-refractivity contribution in [3.05, 3.63) is 0 Å². The third kappa shape index (κ3) is 3.22. The summed E-state index contributed by atoms with van der Waals surface area (Å²) in [5, 5.41) is 0. The quantitative estimate of drug-likeness (QED) is 0.622. The van der Waals surface area contributed by atoms with Crippen LogP contribution in [-0.2, 0) is 9.47 Å². The van der Waals surface area contributed by atoms with Crippen LogP contribution in [0.2, 0.25) is 0 Å². The Labute approximate surface area is 78.8 Å². The molecule has 0 unspecified atom stereocenters. The van der Waals surface area contributed by atoms with Crippen LogP contribution in [0, 0.1) is 0 Å². The van der Waals surface area contributed by atoms with E-state index in [2.05, 4.69) is 0 Å². The van der Waals surface area contributed by atoms with Crippen molar-refractivity contribution < 1.29 is 14.3 Å². The molecular weight excluding hydrogens is 170 g/mol. The van der Waals surface area contributed by atoms with Crippen molar-refractivity contribution >= 4 is 6.09 Å². The highest BCUT2D eigenvalue weighted by atomic mass is 16.6. The van der Waals surface area contributed by atoms with Crippen LogP contribution < -0.4 is 0 Å². The van der Waals surface area contributed by atoms with E-state index >= 15 is 0 Å². The number of rotatable bonds is 4. The Morgan fingerprint density at radius 3 is 2.69 bits per heavy atom. The number of hydrogen-bond donors (Lipinski definition) is 0. The molecule has 0 aromatic carbocycles. The van der Waals surface area contributed by atoms with Crippen molar-refractivity contribution in [3.63, 3.8) is 0 Å². The van der Waals surface area contributed by atoms with Gasteiger partial charge in [0.1, 0.15) is 0 Å². The Balaban J connectivity index is 2.39. The van der Waals surface area contributed by atoms with Gasteiger partial charge in [-0.2, -0.15) is 0 Å². The van der Waals surface area contributed by atoms with E-state index in [1.165, 1.54) is 0 Å². The van der Waals surface area contributed by atoms with Gasteiger partial charge < -0.3 is 14.4 Å². The average molecular weight is 187 g/mol. The molecule has 0 aromatic rings. The van der Waals surface area contributed by atoms with Crippen LogP contribution >= 0.6 is 0 Å². The maximum Gasteiger partial charge on any atom is 0.410 e. The van der Waals surface area contributed by atoms with Crippen LogP contribution in [0.1, 0.15) is 20.8 Å². The molecule has 1 amide bonds. The molecule has 0 aromatic heterocycles. The van der Waals surface area contributed by atoms with Gasteiger partial charge in [-0.25, -0.2) is 4.79 Å². The number of nitrogens with zero attached hydrogens (tertiary/aromatic N) is 1. The molecule has 0 bridgehead atoms. The van der Waals surface area contributed by atoms with Crippen LogP contribution in [-0.4, -0.2) is 42.9 Å². The Hall–Kier alpha value is -0.770. The van der Waals surface area contributed by atoms with Gasteiger partial charge in [-0.3, -0.25) is 0 Å². The Bertz CT molecular complexity index is 178. The molecule has 1 aliphatic rings. The molecule has 4 heteroatoms. The average Bonchev–Trinajstić information content (AvgIpc) is 2.83.